The molecule has 0 N–H and O–H groups in total. The molecule has 1 amide bonds. The predicted octanol–water partition coefficient (Wildman–Crippen LogP) is 3.30. The van der Waals surface area contributed by atoms with Crippen LogP contribution < -0.4 is 0 Å². The van der Waals surface area contributed by atoms with E-state index in [9.17, 15) is 9.59 Å². The fourth-order valence-corrected chi connectivity index (χ4v) is 4.45. The molecule has 6 heteroatoms. The summed E-state index contributed by atoms with van der Waals surface area (Å²) in [5, 5.41) is 0.805. The minimum atomic E-state index is -0.426. The van der Waals surface area contributed by atoms with Crippen molar-refractivity contribution >= 4 is 22.8 Å². The monoisotopic (exact) mass is 396 g/mol. The van der Waals surface area contributed by atoms with E-state index in [0.29, 0.717) is 18.7 Å². The van der Waals surface area contributed by atoms with E-state index >= 15 is 0 Å². The van der Waals surface area contributed by atoms with Crippen molar-refractivity contribution in [2.45, 2.75) is 58.2 Å². The van der Waals surface area contributed by atoms with Crippen LogP contribution in [0.5, 0.6) is 0 Å². The van der Waals surface area contributed by atoms with Crippen molar-refractivity contribution in [3.05, 3.63) is 41.1 Å². The fourth-order valence-electron chi connectivity index (χ4n) is 4.45. The number of morpholine rings is 1. The number of aromatic nitrogens is 1. The molecule has 154 valence electrons. The lowest BCUT2D eigenvalue weighted by Crippen LogP contribution is -2.49. The van der Waals surface area contributed by atoms with Gasteiger partial charge >= 0.3 is 5.97 Å². The highest BCUT2D eigenvalue weighted by molar-refractivity contribution is 6.05. The van der Waals surface area contributed by atoms with Crippen molar-refractivity contribution in [1.82, 2.24) is 9.88 Å². The zero-order valence-corrected chi connectivity index (χ0v) is 17.1. The lowest BCUT2D eigenvalue weighted by Gasteiger charge is -2.35. The number of para-hydroxylation sites is 1. The molecule has 29 heavy (non-hydrogen) atoms. The summed E-state index contributed by atoms with van der Waals surface area (Å²) in [5.74, 6) is -0.603. The highest BCUT2D eigenvalue weighted by atomic mass is 16.5. The third kappa shape index (κ3) is 4.27. The molecule has 6 nitrogen and oxygen atoms in total. The first-order valence-corrected chi connectivity index (χ1v) is 10.5. The van der Waals surface area contributed by atoms with Crippen LogP contribution in [0.1, 0.15) is 54.7 Å². The van der Waals surface area contributed by atoms with Gasteiger partial charge in [-0.15, -0.1) is 0 Å². The number of fused-ring (bicyclic) bond motifs is 2. The zero-order chi connectivity index (χ0) is 20.4. The van der Waals surface area contributed by atoms with Crippen molar-refractivity contribution in [1.29, 1.82) is 0 Å². The van der Waals surface area contributed by atoms with Crippen molar-refractivity contribution in [2.75, 3.05) is 19.7 Å². The van der Waals surface area contributed by atoms with Gasteiger partial charge in [-0.25, -0.2) is 4.79 Å². The van der Waals surface area contributed by atoms with Gasteiger partial charge in [-0.2, -0.15) is 0 Å². The number of rotatable bonds is 3. The van der Waals surface area contributed by atoms with Crippen LogP contribution in [0.4, 0.5) is 0 Å². The van der Waals surface area contributed by atoms with E-state index in [4.69, 9.17) is 14.5 Å². The van der Waals surface area contributed by atoms with Crippen molar-refractivity contribution in [3.63, 3.8) is 0 Å². The standard InChI is InChI=1S/C23H28N2O4/c1-15-12-25(13-16(2)29-15)21(26)14-28-23(27)22-17-8-4-3-5-10-19(17)24-20-11-7-6-9-18(20)22/h6-7,9,11,15-16H,3-5,8,10,12-14H2,1-2H3. The molecule has 1 saturated heterocycles. The molecular formula is C23H28N2O4. The Labute approximate surface area is 171 Å². The molecule has 1 aromatic carbocycles. The number of esters is 1. The van der Waals surface area contributed by atoms with Crippen molar-refractivity contribution in [2.24, 2.45) is 0 Å². The van der Waals surface area contributed by atoms with Gasteiger partial charge in [0.1, 0.15) is 0 Å². The molecule has 4 rings (SSSR count). The Bertz CT molecular complexity index is 916. The molecule has 0 saturated carbocycles. The molecule has 0 bridgehead atoms. The summed E-state index contributed by atoms with van der Waals surface area (Å²) in [4.78, 5) is 32.3. The van der Waals surface area contributed by atoms with Crippen LogP contribution in [0, 0.1) is 0 Å². The van der Waals surface area contributed by atoms with E-state index in [1.807, 2.05) is 38.1 Å². The number of benzene rings is 1. The van der Waals surface area contributed by atoms with E-state index in [2.05, 4.69) is 0 Å². The van der Waals surface area contributed by atoms with Gasteiger partial charge < -0.3 is 14.4 Å². The maximum Gasteiger partial charge on any atom is 0.339 e. The summed E-state index contributed by atoms with van der Waals surface area (Å²) in [6.07, 6.45) is 4.92. The third-order valence-corrected chi connectivity index (χ3v) is 5.72. The number of carbonyl (C=O) groups is 2. The lowest BCUT2D eigenvalue weighted by atomic mass is 9.97. The molecule has 0 spiro atoms. The summed E-state index contributed by atoms with van der Waals surface area (Å²) < 4.78 is 11.2. The summed E-state index contributed by atoms with van der Waals surface area (Å²) in [6, 6.07) is 7.68. The number of hydrogen-bond acceptors (Lipinski definition) is 5. The van der Waals surface area contributed by atoms with Crippen LogP contribution in [0.3, 0.4) is 0 Å². The smallest absolute Gasteiger partial charge is 0.339 e. The average molecular weight is 396 g/mol. The quantitative estimate of drug-likeness (QED) is 0.588. The second kappa shape index (κ2) is 8.49. The number of aryl methyl sites for hydroxylation is 1. The molecule has 1 aliphatic heterocycles. The maximum absolute atomic E-state index is 13.1. The van der Waals surface area contributed by atoms with E-state index < -0.39 is 5.97 Å². The predicted molar refractivity (Wildman–Crippen MR) is 110 cm³/mol. The van der Waals surface area contributed by atoms with E-state index in [1.165, 1.54) is 0 Å². The van der Waals surface area contributed by atoms with Gasteiger partial charge in [0.25, 0.3) is 5.91 Å². The Balaban J connectivity index is 1.57. The van der Waals surface area contributed by atoms with Crippen molar-refractivity contribution in [3.8, 4) is 0 Å². The third-order valence-electron chi connectivity index (χ3n) is 5.72. The molecule has 1 aromatic heterocycles. The second-order valence-electron chi connectivity index (χ2n) is 8.12. The van der Waals surface area contributed by atoms with E-state index in [-0.39, 0.29) is 24.7 Å². The van der Waals surface area contributed by atoms with Crippen LogP contribution in [0.15, 0.2) is 24.3 Å². The first kappa shape index (κ1) is 19.8. The van der Waals surface area contributed by atoms with E-state index in [1.54, 1.807) is 4.90 Å². The lowest BCUT2D eigenvalue weighted by molar-refractivity contribution is -0.146. The van der Waals surface area contributed by atoms with Gasteiger partial charge in [-0.3, -0.25) is 9.78 Å². The zero-order valence-electron chi connectivity index (χ0n) is 17.1. The Kier molecular flexibility index (Phi) is 5.81. The molecular weight excluding hydrogens is 368 g/mol. The Morgan fingerprint density at radius 3 is 2.62 bits per heavy atom. The molecule has 1 fully saturated rings. The fraction of sp³-hybridized carbons (Fsp3) is 0.522. The molecule has 2 atom stereocenters. The van der Waals surface area contributed by atoms with Gasteiger partial charge in [0.15, 0.2) is 6.61 Å². The van der Waals surface area contributed by atoms with Gasteiger partial charge in [-0.05, 0) is 51.2 Å². The second-order valence-corrected chi connectivity index (χ2v) is 8.12. The molecule has 0 radical (unpaired) electrons. The number of pyridine rings is 1. The van der Waals surface area contributed by atoms with Crippen LogP contribution in [-0.4, -0.2) is 53.7 Å². The summed E-state index contributed by atoms with van der Waals surface area (Å²) in [5.41, 5.74) is 3.38. The maximum atomic E-state index is 13.1. The Hall–Kier alpha value is -2.47. The number of amides is 1. The highest BCUT2D eigenvalue weighted by Crippen LogP contribution is 2.29. The van der Waals surface area contributed by atoms with Gasteiger partial charge in [0.2, 0.25) is 0 Å². The van der Waals surface area contributed by atoms with Gasteiger partial charge in [0, 0.05) is 24.2 Å². The minimum absolute atomic E-state index is 0.0155. The minimum Gasteiger partial charge on any atom is -0.452 e. The van der Waals surface area contributed by atoms with Crippen LogP contribution in [0.25, 0.3) is 10.9 Å². The van der Waals surface area contributed by atoms with Crippen LogP contribution in [0.2, 0.25) is 0 Å². The average Bonchev–Trinajstić information content (AvgIpc) is 2.94. The molecule has 2 heterocycles. The van der Waals surface area contributed by atoms with Crippen LogP contribution in [-0.2, 0) is 27.1 Å². The molecule has 2 unspecified atom stereocenters. The normalized spacial score (nSPS) is 22.1. The molecule has 2 aromatic rings. The summed E-state index contributed by atoms with van der Waals surface area (Å²) in [6.45, 7) is 4.69. The number of ether oxygens (including phenoxy) is 2. The first-order chi connectivity index (χ1) is 14.0. The van der Waals surface area contributed by atoms with Gasteiger partial charge in [0.05, 0.1) is 23.3 Å². The van der Waals surface area contributed by atoms with Gasteiger partial charge in [-0.1, -0.05) is 24.6 Å². The summed E-state index contributed by atoms with van der Waals surface area (Å²) in [7, 11) is 0. The molecule has 1 aliphatic carbocycles. The first-order valence-electron chi connectivity index (χ1n) is 10.5. The largest absolute Gasteiger partial charge is 0.452 e. The Morgan fingerprint density at radius 1 is 1.10 bits per heavy atom. The highest BCUT2D eigenvalue weighted by Gasteiger charge is 2.28. The van der Waals surface area contributed by atoms with Crippen LogP contribution >= 0.6 is 0 Å². The SMILES string of the molecule is CC1CN(C(=O)COC(=O)c2c3c(nc4ccccc24)CCCCC3)CC(C)O1. The number of carbonyl (C=O) groups excluding carboxylic acids is 2. The Morgan fingerprint density at radius 2 is 1.83 bits per heavy atom. The van der Waals surface area contributed by atoms with E-state index in [0.717, 1.165) is 54.3 Å². The summed E-state index contributed by atoms with van der Waals surface area (Å²) >= 11 is 0. The van der Waals surface area contributed by atoms with Crippen molar-refractivity contribution < 1.29 is 19.1 Å². The molecule has 2 aliphatic rings. The topological polar surface area (TPSA) is 68.7 Å². The number of hydrogen-bond donors (Lipinski definition) is 0. The number of nitrogens with zero attached hydrogens (tertiary/aromatic N) is 2.